The summed E-state index contributed by atoms with van der Waals surface area (Å²) in [5.74, 6) is 0.0298. The smallest absolute Gasteiger partial charge is 0.205 e. The monoisotopic (exact) mass is 309 g/mol. The topological polar surface area (TPSA) is 43.8 Å². The van der Waals surface area contributed by atoms with Crippen molar-refractivity contribution in [3.63, 3.8) is 0 Å². The number of aryl methyl sites for hydroxylation is 1. The Labute approximate surface area is 124 Å². The molecule has 6 heteroatoms. The lowest BCUT2D eigenvalue weighted by Gasteiger charge is -2.08. The molecule has 0 aliphatic carbocycles. The van der Waals surface area contributed by atoms with E-state index in [-0.39, 0.29) is 5.82 Å². The van der Waals surface area contributed by atoms with Crippen LogP contribution >= 0.6 is 23.2 Å². The number of hydrogen-bond acceptors (Lipinski definition) is 2. The summed E-state index contributed by atoms with van der Waals surface area (Å²) in [7, 11) is 0. The lowest BCUT2D eigenvalue weighted by Crippen LogP contribution is -2.01. The number of fused-ring (bicyclic) bond motifs is 1. The third kappa shape index (κ3) is 2.01. The van der Waals surface area contributed by atoms with Crippen molar-refractivity contribution in [3.8, 4) is 5.69 Å². The molecule has 0 aliphatic heterocycles. The minimum atomic E-state index is -0.266. The number of hydrogen-bond donors (Lipinski definition) is 1. The summed E-state index contributed by atoms with van der Waals surface area (Å²) in [5.41, 5.74) is 8.56. The van der Waals surface area contributed by atoms with Gasteiger partial charge < -0.3 is 5.73 Å². The minimum absolute atomic E-state index is 0.266. The molecular formula is C14H10Cl2FN3. The fraction of sp³-hybridized carbons (Fsp3) is 0.0714. The Morgan fingerprint density at radius 2 is 1.85 bits per heavy atom. The molecule has 1 heterocycles. The average Bonchev–Trinajstić information content (AvgIpc) is 2.69. The second-order valence-corrected chi connectivity index (χ2v) is 5.31. The Kier molecular flexibility index (Phi) is 3.07. The number of nitrogens with two attached hydrogens (primary N) is 1. The van der Waals surface area contributed by atoms with Crippen molar-refractivity contribution in [3.05, 3.63) is 51.8 Å². The molecule has 102 valence electrons. The van der Waals surface area contributed by atoms with Crippen LogP contribution in [0.2, 0.25) is 10.0 Å². The molecule has 0 aliphatic rings. The van der Waals surface area contributed by atoms with Gasteiger partial charge in [-0.25, -0.2) is 9.37 Å². The standard InChI is InChI=1S/C14H10Cl2FN3/c1-7-4-8(2-3-11(7)17)20-13-6-10(16)9(15)5-12(13)19-14(20)18/h2-6H,1H3,(H2,18,19). The maximum atomic E-state index is 13.4. The number of imidazole rings is 1. The van der Waals surface area contributed by atoms with Crippen molar-refractivity contribution in [2.45, 2.75) is 6.92 Å². The molecule has 3 nitrogen and oxygen atoms in total. The van der Waals surface area contributed by atoms with Crippen molar-refractivity contribution in [1.29, 1.82) is 0 Å². The fourth-order valence-electron chi connectivity index (χ4n) is 2.13. The first-order valence-electron chi connectivity index (χ1n) is 5.87. The van der Waals surface area contributed by atoms with Crippen LogP contribution in [0.25, 0.3) is 16.7 Å². The van der Waals surface area contributed by atoms with Crippen molar-refractivity contribution in [1.82, 2.24) is 9.55 Å². The van der Waals surface area contributed by atoms with Gasteiger partial charge in [0.1, 0.15) is 5.82 Å². The molecule has 0 atom stereocenters. The number of benzene rings is 2. The van der Waals surface area contributed by atoms with Crippen LogP contribution in [-0.4, -0.2) is 9.55 Å². The summed E-state index contributed by atoms with van der Waals surface area (Å²) in [4.78, 5) is 4.25. The van der Waals surface area contributed by atoms with E-state index in [0.717, 1.165) is 11.2 Å². The summed E-state index contributed by atoms with van der Waals surface area (Å²) in [6.07, 6.45) is 0. The first-order chi connectivity index (χ1) is 9.47. The second kappa shape index (κ2) is 4.65. The number of rotatable bonds is 1. The molecule has 1 aromatic heterocycles. The molecule has 0 spiro atoms. The van der Waals surface area contributed by atoms with Crippen LogP contribution in [0.4, 0.5) is 10.3 Å². The van der Waals surface area contributed by atoms with E-state index >= 15 is 0 Å². The molecule has 2 N–H and O–H groups in total. The molecule has 3 aromatic rings. The van der Waals surface area contributed by atoms with Crippen LogP contribution in [0.1, 0.15) is 5.56 Å². The van der Waals surface area contributed by atoms with Gasteiger partial charge in [-0.3, -0.25) is 4.57 Å². The Hall–Kier alpha value is -1.78. The highest BCUT2D eigenvalue weighted by molar-refractivity contribution is 6.42. The zero-order valence-electron chi connectivity index (χ0n) is 10.5. The predicted molar refractivity (Wildman–Crippen MR) is 80.2 cm³/mol. The van der Waals surface area contributed by atoms with Gasteiger partial charge in [-0.15, -0.1) is 0 Å². The normalized spacial score (nSPS) is 11.2. The molecule has 0 amide bonds. The van der Waals surface area contributed by atoms with Crippen molar-refractivity contribution in [2.75, 3.05) is 5.73 Å². The van der Waals surface area contributed by atoms with Gasteiger partial charge >= 0.3 is 0 Å². The van der Waals surface area contributed by atoms with E-state index in [4.69, 9.17) is 28.9 Å². The van der Waals surface area contributed by atoms with Crippen LogP contribution in [0.5, 0.6) is 0 Å². The highest BCUT2D eigenvalue weighted by atomic mass is 35.5. The fourth-order valence-corrected chi connectivity index (χ4v) is 2.45. The molecule has 20 heavy (non-hydrogen) atoms. The number of halogens is 3. The summed E-state index contributed by atoms with van der Waals surface area (Å²) in [5, 5.41) is 0.832. The number of nitrogen functional groups attached to an aromatic ring is 1. The predicted octanol–water partition coefficient (Wildman–Crippen LogP) is 4.36. The zero-order chi connectivity index (χ0) is 14.4. The van der Waals surface area contributed by atoms with Crippen LogP contribution < -0.4 is 5.73 Å². The second-order valence-electron chi connectivity index (χ2n) is 4.49. The quantitative estimate of drug-likeness (QED) is 0.725. The van der Waals surface area contributed by atoms with Gasteiger partial charge in [-0.1, -0.05) is 23.2 Å². The molecule has 0 unspecified atom stereocenters. The summed E-state index contributed by atoms with van der Waals surface area (Å²) >= 11 is 12.0. The first kappa shape index (κ1) is 13.2. The summed E-state index contributed by atoms with van der Waals surface area (Å²) in [6.45, 7) is 1.69. The minimum Gasteiger partial charge on any atom is -0.369 e. The SMILES string of the molecule is Cc1cc(-n2c(N)nc3cc(Cl)c(Cl)cc32)ccc1F. The van der Waals surface area contributed by atoms with Crippen LogP contribution in [0, 0.1) is 12.7 Å². The van der Waals surface area contributed by atoms with Crippen molar-refractivity contribution in [2.24, 2.45) is 0 Å². The number of aromatic nitrogens is 2. The van der Waals surface area contributed by atoms with E-state index < -0.39 is 0 Å². The van der Waals surface area contributed by atoms with Gasteiger partial charge in [0.15, 0.2) is 0 Å². The molecule has 0 saturated carbocycles. The van der Waals surface area contributed by atoms with Crippen molar-refractivity contribution < 1.29 is 4.39 Å². The third-order valence-electron chi connectivity index (χ3n) is 3.12. The zero-order valence-corrected chi connectivity index (χ0v) is 12.0. The van der Waals surface area contributed by atoms with Crippen LogP contribution in [0.15, 0.2) is 30.3 Å². The van der Waals surface area contributed by atoms with E-state index in [2.05, 4.69) is 4.98 Å². The maximum absolute atomic E-state index is 13.4. The Balaban J connectivity index is 2.32. The average molecular weight is 310 g/mol. The van der Waals surface area contributed by atoms with Crippen LogP contribution in [0.3, 0.4) is 0 Å². The van der Waals surface area contributed by atoms with Gasteiger partial charge in [0.2, 0.25) is 5.95 Å². The highest BCUT2D eigenvalue weighted by Crippen LogP contribution is 2.31. The van der Waals surface area contributed by atoms with Gasteiger partial charge in [0.05, 0.1) is 21.1 Å². The van der Waals surface area contributed by atoms with Gasteiger partial charge in [-0.2, -0.15) is 0 Å². The Morgan fingerprint density at radius 1 is 1.15 bits per heavy atom. The molecular weight excluding hydrogens is 300 g/mol. The first-order valence-corrected chi connectivity index (χ1v) is 6.62. The van der Waals surface area contributed by atoms with E-state index in [1.54, 1.807) is 35.8 Å². The van der Waals surface area contributed by atoms with E-state index in [1.807, 2.05) is 0 Å². The number of nitrogens with zero attached hydrogens (tertiary/aromatic N) is 2. The third-order valence-corrected chi connectivity index (χ3v) is 3.84. The van der Waals surface area contributed by atoms with E-state index in [9.17, 15) is 4.39 Å². The molecule has 3 rings (SSSR count). The Bertz CT molecular complexity index is 827. The molecule has 0 radical (unpaired) electrons. The summed E-state index contributed by atoms with van der Waals surface area (Å²) < 4.78 is 15.1. The van der Waals surface area contributed by atoms with Gasteiger partial charge in [0.25, 0.3) is 0 Å². The largest absolute Gasteiger partial charge is 0.369 e. The molecule has 2 aromatic carbocycles. The van der Waals surface area contributed by atoms with E-state index in [0.29, 0.717) is 27.1 Å². The lowest BCUT2D eigenvalue weighted by atomic mass is 10.2. The Morgan fingerprint density at radius 3 is 2.55 bits per heavy atom. The number of anilines is 1. The van der Waals surface area contributed by atoms with E-state index in [1.165, 1.54) is 6.07 Å². The molecule has 0 saturated heterocycles. The molecule has 0 bridgehead atoms. The van der Waals surface area contributed by atoms with Crippen LogP contribution in [-0.2, 0) is 0 Å². The highest BCUT2D eigenvalue weighted by Gasteiger charge is 2.13. The maximum Gasteiger partial charge on any atom is 0.205 e. The van der Waals surface area contributed by atoms with Gasteiger partial charge in [0, 0.05) is 5.69 Å². The van der Waals surface area contributed by atoms with Crippen molar-refractivity contribution >= 4 is 40.2 Å². The lowest BCUT2D eigenvalue weighted by molar-refractivity contribution is 0.618. The molecule has 0 fully saturated rings. The van der Waals surface area contributed by atoms with Gasteiger partial charge in [-0.05, 0) is 42.8 Å². The summed E-state index contributed by atoms with van der Waals surface area (Å²) in [6, 6.07) is 8.09.